The Morgan fingerprint density at radius 2 is 1.91 bits per heavy atom. The van der Waals surface area contributed by atoms with E-state index in [1.54, 1.807) is 6.07 Å². The first-order valence-corrected chi connectivity index (χ1v) is 8.54. The summed E-state index contributed by atoms with van der Waals surface area (Å²) in [6.07, 6.45) is -0.795. The zero-order valence-electron chi connectivity index (χ0n) is 12.9. The number of aryl methyl sites for hydroxylation is 1. The Bertz CT molecular complexity index is 794. The number of nitrogens with one attached hydrogen (secondary N) is 2. The van der Waals surface area contributed by atoms with E-state index in [0.29, 0.717) is 0 Å². The highest BCUT2D eigenvalue weighted by molar-refractivity contribution is 7.89. The molecule has 0 fully saturated rings. The van der Waals surface area contributed by atoms with Crippen LogP contribution in [0.1, 0.15) is 17.2 Å². The summed E-state index contributed by atoms with van der Waals surface area (Å²) in [4.78, 5) is -0.150. The van der Waals surface area contributed by atoms with Gasteiger partial charge in [-0.05, 0) is 43.3 Å². The summed E-state index contributed by atoms with van der Waals surface area (Å²) in [5.41, 5.74) is 1.83. The highest BCUT2D eigenvalue weighted by Gasteiger charge is 2.15. The molecule has 0 radical (unpaired) electrons. The van der Waals surface area contributed by atoms with Gasteiger partial charge in [0.25, 0.3) is 0 Å². The van der Waals surface area contributed by atoms with Gasteiger partial charge in [-0.1, -0.05) is 24.3 Å². The molecule has 0 heterocycles. The Morgan fingerprint density at radius 3 is 2.52 bits per heavy atom. The zero-order valence-corrected chi connectivity index (χ0v) is 13.7. The molecule has 7 heteroatoms. The molecule has 1 unspecified atom stereocenters. The van der Waals surface area contributed by atoms with Gasteiger partial charge in [0.15, 0.2) is 0 Å². The van der Waals surface area contributed by atoms with Crippen molar-refractivity contribution in [3.8, 4) is 0 Å². The Hall–Kier alpha value is -1.96. The lowest BCUT2D eigenvalue weighted by molar-refractivity contribution is 0.191. The molecule has 0 amide bonds. The minimum Gasteiger partial charge on any atom is -0.387 e. The van der Waals surface area contributed by atoms with Gasteiger partial charge in [-0.25, -0.2) is 17.5 Å². The Balaban J connectivity index is 2.11. The standard InChI is InChI=1S/C16H19FN2O3S/c1-11-5-3-4-6-13(11)16(20)10-19-15-8-7-12(9-14(15)17)23(21,22)18-2/h3-9,16,18-20H,10H2,1-2H3. The molecule has 23 heavy (non-hydrogen) atoms. The van der Waals surface area contributed by atoms with Crippen LogP contribution in [0.3, 0.4) is 0 Å². The largest absolute Gasteiger partial charge is 0.387 e. The van der Waals surface area contributed by atoms with Crippen LogP contribution in [0.15, 0.2) is 47.4 Å². The summed E-state index contributed by atoms with van der Waals surface area (Å²) in [5.74, 6) is -0.696. The first kappa shape index (κ1) is 17.4. The molecule has 5 nitrogen and oxygen atoms in total. The van der Waals surface area contributed by atoms with Crippen LogP contribution in [-0.2, 0) is 10.0 Å². The zero-order chi connectivity index (χ0) is 17.0. The van der Waals surface area contributed by atoms with Crippen molar-refractivity contribution in [2.24, 2.45) is 0 Å². The lowest BCUT2D eigenvalue weighted by Gasteiger charge is -2.16. The van der Waals surface area contributed by atoms with Crippen LogP contribution in [0.4, 0.5) is 10.1 Å². The van der Waals surface area contributed by atoms with Crippen molar-refractivity contribution in [2.45, 2.75) is 17.9 Å². The molecule has 0 spiro atoms. The van der Waals surface area contributed by atoms with Crippen molar-refractivity contribution in [1.29, 1.82) is 0 Å². The van der Waals surface area contributed by atoms with Crippen LogP contribution < -0.4 is 10.0 Å². The maximum Gasteiger partial charge on any atom is 0.240 e. The monoisotopic (exact) mass is 338 g/mol. The number of anilines is 1. The van der Waals surface area contributed by atoms with Gasteiger partial charge >= 0.3 is 0 Å². The number of benzene rings is 2. The number of rotatable bonds is 6. The van der Waals surface area contributed by atoms with Crippen LogP contribution in [0.2, 0.25) is 0 Å². The summed E-state index contributed by atoms with van der Waals surface area (Å²) in [6.45, 7) is 2.00. The Labute approximate surface area is 135 Å². The fraction of sp³-hybridized carbons (Fsp3) is 0.250. The number of halogens is 1. The maximum atomic E-state index is 14.0. The average Bonchev–Trinajstić information content (AvgIpc) is 2.53. The van der Waals surface area contributed by atoms with E-state index < -0.39 is 21.9 Å². The smallest absolute Gasteiger partial charge is 0.240 e. The molecule has 2 aromatic rings. The van der Waals surface area contributed by atoms with Crippen molar-refractivity contribution in [3.05, 3.63) is 59.4 Å². The third kappa shape index (κ3) is 4.07. The normalized spacial score (nSPS) is 12.9. The fourth-order valence-corrected chi connectivity index (χ4v) is 2.94. The van der Waals surface area contributed by atoms with E-state index in [2.05, 4.69) is 10.0 Å². The fourth-order valence-electron chi connectivity index (χ4n) is 2.20. The van der Waals surface area contributed by atoms with E-state index in [9.17, 15) is 17.9 Å². The van der Waals surface area contributed by atoms with Gasteiger partial charge in [-0.2, -0.15) is 0 Å². The molecule has 3 N–H and O–H groups in total. The van der Waals surface area contributed by atoms with Crippen LogP contribution in [0.25, 0.3) is 0 Å². The minimum atomic E-state index is -3.68. The highest BCUT2D eigenvalue weighted by Crippen LogP contribution is 2.21. The molecule has 0 aliphatic heterocycles. The summed E-state index contributed by atoms with van der Waals surface area (Å²) in [5, 5.41) is 13.0. The summed E-state index contributed by atoms with van der Waals surface area (Å²) < 4.78 is 39.4. The number of hydrogen-bond acceptors (Lipinski definition) is 4. The molecular formula is C16H19FN2O3S. The number of sulfonamides is 1. The molecule has 0 bridgehead atoms. The Morgan fingerprint density at radius 1 is 1.22 bits per heavy atom. The lowest BCUT2D eigenvalue weighted by atomic mass is 10.0. The number of hydrogen-bond donors (Lipinski definition) is 3. The average molecular weight is 338 g/mol. The molecule has 0 aliphatic rings. The van der Waals surface area contributed by atoms with Crippen molar-refractivity contribution in [2.75, 3.05) is 18.9 Å². The summed E-state index contributed by atoms with van der Waals surface area (Å²) in [6, 6.07) is 11.0. The van der Waals surface area contributed by atoms with Crippen LogP contribution >= 0.6 is 0 Å². The summed E-state index contributed by atoms with van der Waals surface area (Å²) >= 11 is 0. The quantitative estimate of drug-likeness (QED) is 0.754. The molecule has 0 saturated heterocycles. The summed E-state index contributed by atoms with van der Waals surface area (Å²) in [7, 11) is -2.42. The van der Waals surface area contributed by atoms with E-state index in [-0.39, 0.29) is 17.1 Å². The number of aliphatic hydroxyl groups is 1. The van der Waals surface area contributed by atoms with E-state index in [1.165, 1.54) is 19.2 Å². The topological polar surface area (TPSA) is 78.4 Å². The van der Waals surface area contributed by atoms with Crippen LogP contribution in [0, 0.1) is 12.7 Å². The van der Waals surface area contributed by atoms with Gasteiger partial charge in [0.05, 0.1) is 16.7 Å². The molecule has 124 valence electrons. The van der Waals surface area contributed by atoms with Gasteiger partial charge in [0, 0.05) is 6.54 Å². The predicted octanol–water partition coefficient (Wildman–Crippen LogP) is 2.19. The number of aliphatic hydroxyl groups excluding tert-OH is 1. The van der Waals surface area contributed by atoms with E-state index >= 15 is 0 Å². The molecular weight excluding hydrogens is 319 g/mol. The van der Waals surface area contributed by atoms with Crippen LogP contribution in [0.5, 0.6) is 0 Å². The van der Waals surface area contributed by atoms with Crippen molar-refractivity contribution < 1.29 is 17.9 Å². The van der Waals surface area contributed by atoms with Crippen molar-refractivity contribution in [3.63, 3.8) is 0 Å². The Kier molecular flexibility index (Phi) is 5.35. The first-order valence-electron chi connectivity index (χ1n) is 7.05. The van der Waals surface area contributed by atoms with E-state index in [4.69, 9.17) is 0 Å². The maximum absolute atomic E-state index is 14.0. The predicted molar refractivity (Wildman–Crippen MR) is 87.3 cm³/mol. The highest BCUT2D eigenvalue weighted by atomic mass is 32.2. The van der Waals surface area contributed by atoms with Gasteiger partial charge < -0.3 is 10.4 Å². The van der Waals surface area contributed by atoms with Crippen LogP contribution in [-0.4, -0.2) is 27.1 Å². The molecule has 0 aromatic heterocycles. The molecule has 0 aliphatic carbocycles. The van der Waals surface area contributed by atoms with Crippen molar-refractivity contribution in [1.82, 2.24) is 4.72 Å². The van der Waals surface area contributed by atoms with Crippen molar-refractivity contribution >= 4 is 15.7 Å². The SMILES string of the molecule is CNS(=O)(=O)c1ccc(NCC(O)c2ccccc2C)c(F)c1. The second-order valence-corrected chi connectivity index (χ2v) is 6.99. The van der Waals surface area contributed by atoms with Gasteiger partial charge in [-0.15, -0.1) is 0 Å². The third-order valence-corrected chi connectivity index (χ3v) is 4.96. The minimum absolute atomic E-state index is 0.111. The second-order valence-electron chi connectivity index (χ2n) is 5.10. The molecule has 2 rings (SSSR count). The van der Waals surface area contributed by atoms with E-state index in [1.807, 2.05) is 25.1 Å². The lowest BCUT2D eigenvalue weighted by Crippen LogP contribution is -2.19. The van der Waals surface area contributed by atoms with Gasteiger partial charge in [0.2, 0.25) is 10.0 Å². The second kappa shape index (κ2) is 7.08. The molecule has 0 saturated carbocycles. The molecule has 1 atom stereocenters. The van der Waals surface area contributed by atoms with Gasteiger partial charge in [0.1, 0.15) is 5.82 Å². The van der Waals surface area contributed by atoms with Gasteiger partial charge in [-0.3, -0.25) is 0 Å². The van der Waals surface area contributed by atoms with E-state index in [0.717, 1.165) is 17.2 Å². The first-order chi connectivity index (χ1) is 10.8. The third-order valence-electron chi connectivity index (χ3n) is 3.55. The molecule has 2 aromatic carbocycles.